The summed E-state index contributed by atoms with van der Waals surface area (Å²) in [7, 11) is 0. The van der Waals surface area contributed by atoms with Crippen LogP contribution in [0.25, 0.3) is 0 Å². The number of nitrogens with zero attached hydrogens (tertiary/aromatic N) is 2. The molecule has 10 heteroatoms. The first-order chi connectivity index (χ1) is 16.0. The van der Waals surface area contributed by atoms with E-state index < -0.39 is 29.0 Å². The van der Waals surface area contributed by atoms with E-state index in [0.29, 0.717) is 51.4 Å². The molecule has 3 rings (SSSR count). The molecule has 1 aromatic carbocycles. The number of likely N-dealkylation sites (tertiary alicyclic amines) is 2. The zero-order valence-electron chi connectivity index (χ0n) is 19.4. The Morgan fingerprint density at radius 1 is 0.971 bits per heavy atom. The Morgan fingerprint density at radius 2 is 1.53 bits per heavy atom. The number of rotatable bonds is 5. The van der Waals surface area contributed by atoms with Crippen molar-refractivity contribution in [2.75, 3.05) is 32.8 Å². The van der Waals surface area contributed by atoms with E-state index in [2.05, 4.69) is 0 Å². The summed E-state index contributed by atoms with van der Waals surface area (Å²) >= 11 is 0. The van der Waals surface area contributed by atoms with Crippen LogP contribution in [0.2, 0.25) is 0 Å². The molecule has 6 nitrogen and oxygen atoms in total. The van der Waals surface area contributed by atoms with Gasteiger partial charge in [0.05, 0.1) is 23.7 Å². The van der Waals surface area contributed by atoms with E-state index in [9.17, 15) is 31.9 Å². The van der Waals surface area contributed by atoms with Gasteiger partial charge in [-0.15, -0.1) is 0 Å². The summed E-state index contributed by atoms with van der Waals surface area (Å²) in [5.74, 6) is -2.94. The van der Waals surface area contributed by atoms with Crippen LogP contribution >= 0.6 is 0 Å². The lowest BCUT2D eigenvalue weighted by atomic mass is 9.91. The molecule has 2 aliphatic rings. The van der Waals surface area contributed by atoms with E-state index in [1.54, 1.807) is 4.90 Å². The second-order valence-corrected chi connectivity index (χ2v) is 9.35. The molecule has 0 unspecified atom stereocenters. The number of benzene rings is 1. The van der Waals surface area contributed by atoms with Crippen molar-refractivity contribution in [1.82, 2.24) is 9.80 Å². The van der Waals surface area contributed by atoms with E-state index >= 15 is 0 Å². The van der Waals surface area contributed by atoms with E-state index in [0.717, 1.165) is 12.1 Å². The highest BCUT2D eigenvalue weighted by atomic mass is 19.4. The summed E-state index contributed by atoms with van der Waals surface area (Å²) in [4.78, 5) is 40.7. The molecule has 0 saturated carbocycles. The van der Waals surface area contributed by atoms with Crippen LogP contribution in [0.15, 0.2) is 18.2 Å². The van der Waals surface area contributed by atoms with Crippen molar-refractivity contribution in [3.05, 3.63) is 35.1 Å². The van der Waals surface area contributed by atoms with E-state index in [-0.39, 0.29) is 42.7 Å². The Morgan fingerprint density at radius 3 is 2.09 bits per heavy atom. The van der Waals surface area contributed by atoms with Gasteiger partial charge in [0.15, 0.2) is 0 Å². The van der Waals surface area contributed by atoms with Crippen LogP contribution in [0.1, 0.15) is 55.5 Å². The van der Waals surface area contributed by atoms with Crippen LogP contribution in [-0.2, 0) is 20.5 Å². The summed E-state index contributed by atoms with van der Waals surface area (Å²) in [6.07, 6.45) is -3.12. The number of piperidine rings is 2. The van der Waals surface area contributed by atoms with Crippen molar-refractivity contribution in [3.8, 4) is 0 Å². The number of amides is 2. The first-order valence-corrected chi connectivity index (χ1v) is 11.6. The van der Waals surface area contributed by atoms with Crippen LogP contribution in [0.5, 0.6) is 0 Å². The molecule has 0 radical (unpaired) electrons. The molecule has 2 aliphatic heterocycles. The van der Waals surface area contributed by atoms with Crippen molar-refractivity contribution < 1.29 is 36.7 Å². The Bertz CT molecular complexity index is 903. The second-order valence-electron chi connectivity index (χ2n) is 9.35. The number of halogens is 4. The quantitative estimate of drug-likeness (QED) is 0.464. The zero-order valence-corrected chi connectivity index (χ0v) is 19.4. The molecule has 0 spiro atoms. The molecule has 0 N–H and O–H groups in total. The molecule has 0 aliphatic carbocycles. The van der Waals surface area contributed by atoms with Gasteiger partial charge in [-0.25, -0.2) is 4.39 Å². The summed E-state index contributed by atoms with van der Waals surface area (Å²) in [6.45, 7) is 5.52. The number of ether oxygens (including phenoxy) is 1. The molecule has 0 aromatic heterocycles. The van der Waals surface area contributed by atoms with Crippen molar-refractivity contribution in [2.45, 2.75) is 45.7 Å². The van der Waals surface area contributed by atoms with Gasteiger partial charge in [-0.3, -0.25) is 14.4 Å². The average molecular weight is 487 g/mol. The van der Waals surface area contributed by atoms with Gasteiger partial charge in [0.25, 0.3) is 5.91 Å². The molecule has 34 heavy (non-hydrogen) atoms. The molecule has 1 aromatic rings. The van der Waals surface area contributed by atoms with Crippen LogP contribution in [0, 0.1) is 23.6 Å². The van der Waals surface area contributed by atoms with E-state index in [1.165, 1.54) is 4.90 Å². The number of carbonyl (C=O) groups is 3. The molecule has 2 saturated heterocycles. The molecular formula is C24H30F4N2O4. The normalized spacial score (nSPS) is 18.3. The van der Waals surface area contributed by atoms with Crippen LogP contribution in [0.3, 0.4) is 0 Å². The first kappa shape index (κ1) is 26.0. The maximum atomic E-state index is 14.3. The fourth-order valence-electron chi connectivity index (χ4n) is 4.38. The summed E-state index contributed by atoms with van der Waals surface area (Å²) < 4.78 is 58.5. The Hall–Kier alpha value is -2.65. The van der Waals surface area contributed by atoms with Gasteiger partial charge in [0, 0.05) is 32.1 Å². The molecule has 0 bridgehead atoms. The molecular weight excluding hydrogens is 456 g/mol. The minimum absolute atomic E-state index is 0.0497. The minimum Gasteiger partial charge on any atom is -0.465 e. The van der Waals surface area contributed by atoms with Gasteiger partial charge in [-0.2, -0.15) is 13.2 Å². The third-order valence-electron chi connectivity index (χ3n) is 6.36. The number of hydrogen-bond acceptors (Lipinski definition) is 4. The van der Waals surface area contributed by atoms with Crippen molar-refractivity contribution in [3.63, 3.8) is 0 Å². The largest absolute Gasteiger partial charge is 0.465 e. The Kier molecular flexibility index (Phi) is 8.20. The highest BCUT2D eigenvalue weighted by Gasteiger charge is 2.38. The first-order valence-electron chi connectivity index (χ1n) is 11.6. The number of hydrogen-bond donors (Lipinski definition) is 0. The SMILES string of the molecule is CC(C)COC(=O)C1CCN(C(=O)C2CCN(C(=O)c3cccc(C(F)(F)F)c3F)CC2)CC1. The van der Waals surface area contributed by atoms with Crippen LogP contribution < -0.4 is 0 Å². The third kappa shape index (κ3) is 6.07. The highest BCUT2D eigenvalue weighted by molar-refractivity contribution is 5.95. The molecule has 0 atom stereocenters. The number of carbonyl (C=O) groups excluding carboxylic acids is 3. The standard InChI is InChI=1S/C24H30F4N2O4/c1-15(2)14-34-23(33)17-8-12-29(13-9-17)21(31)16-6-10-30(11-7-16)22(32)18-4-3-5-19(20(18)25)24(26,27)28/h3-5,15-17H,6-14H2,1-2H3. The van der Waals surface area contributed by atoms with Crippen molar-refractivity contribution in [1.29, 1.82) is 0 Å². The monoisotopic (exact) mass is 486 g/mol. The predicted octanol–water partition coefficient (Wildman–Crippen LogP) is 4.13. The van der Waals surface area contributed by atoms with Gasteiger partial charge in [0.1, 0.15) is 5.82 Å². The number of alkyl halides is 3. The van der Waals surface area contributed by atoms with Crippen LogP contribution in [-0.4, -0.2) is 60.4 Å². The van der Waals surface area contributed by atoms with E-state index in [1.807, 2.05) is 13.8 Å². The predicted molar refractivity (Wildman–Crippen MR) is 115 cm³/mol. The van der Waals surface area contributed by atoms with Gasteiger partial charge in [-0.05, 0) is 43.7 Å². The van der Waals surface area contributed by atoms with Gasteiger partial charge < -0.3 is 14.5 Å². The maximum absolute atomic E-state index is 14.3. The topological polar surface area (TPSA) is 66.9 Å². The van der Waals surface area contributed by atoms with Gasteiger partial charge in [0.2, 0.25) is 5.91 Å². The second kappa shape index (κ2) is 10.7. The number of esters is 1. The van der Waals surface area contributed by atoms with Crippen LogP contribution in [0.4, 0.5) is 17.6 Å². The van der Waals surface area contributed by atoms with Crippen molar-refractivity contribution in [2.24, 2.45) is 17.8 Å². The lowest BCUT2D eigenvalue weighted by Crippen LogP contribution is -2.47. The third-order valence-corrected chi connectivity index (χ3v) is 6.36. The maximum Gasteiger partial charge on any atom is 0.419 e. The lowest BCUT2D eigenvalue weighted by molar-refractivity contribution is -0.153. The van der Waals surface area contributed by atoms with Gasteiger partial charge >= 0.3 is 12.1 Å². The van der Waals surface area contributed by atoms with E-state index in [4.69, 9.17) is 4.74 Å². The Balaban J connectivity index is 1.51. The molecule has 2 heterocycles. The average Bonchev–Trinajstić information content (AvgIpc) is 2.81. The lowest BCUT2D eigenvalue weighted by Gasteiger charge is -2.37. The molecule has 188 valence electrons. The fourth-order valence-corrected chi connectivity index (χ4v) is 4.38. The fraction of sp³-hybridized carbons (Fsp3) is 0.625. The Labute approximate surface area is 196 Å². The zero-order chi connectivity index (χ0) is 25.0. The minimum atomic E-state index is -4.89. The summed E-state index contributed by atoms with van der Waals surface area (Å²) in [6, 6.07) is 2.66. The summed E-state index contributed by atoms with van der Waals surface area (Å²) in [5.41, 5.74) is -2.09. The van der Waals surface area contributed by atoms with Gasteiger partial charge in [-0.1, -0.05) is 19.9 Å². The molecule has 2 fully saturated rings. The highest BCUT2D eigenvalue weighted by Crippen LogP contribution is 2.33. The summed E-state index contributed by atoms with van der Waals surface area (Å²) in [5, 5.41) is 0. The van der Waals surface area contributed by atoms with Crippen molar-refractivity contribution >= 4 is 17.8 Å². The molecule has 2 amide bonds. The smallest absolute Gasteiger partial charge is 0.419 e.